The quantitative estimate of drug-likeness (QED) is 0.625. The zero-order valence-corrected chi connectivity index (χ0v) is 12.9. The van der Waals surface area contributed by atoms with E-state index in [1.54, 1.807) is 4.90 Å². The molecule has 1 aliphatic carbocycles. The molecule has 6 nitrogen and oxygen atoms in total. The van der Waals surface area contributed by atoms with Crippen molar-refractivity contribution in [1.29, 1.82) is 0 Å². The first kappa shape index (κ1) is 15.5. The van der Waals surface area contributed by atoms with Crippen LogP contribution in [-0.4, -0.2) is 54.6 Å². The number of carbonyl (C=O) groups excluding carboxylic acids is 2. The lowest BCUT2D eigenvalue weighted by molar-refractivity contribution is -0.140. The Bertz CT molecular complexity index is 466. The van der Waals surface area contributed by atoms with E-state index in [-0.39, 0.29) is 30.5 Å². The fourth-order valence-corrected chi connectivity index (χ4v) is 3.24. The molecule has 0 unspecified atom stereocenters. The van der Waals surface area contributed by atoms with E-state index in [0.717, 1.165) is 32.1 Å². The Morgan fingerprint density at radius 1 is 1.32 bits per heavy atom. The van der Waals surface area contributed by atoms with Gasteiger partial charge in [-0.1, -0.05) is 12.2 Å². The van der Waals surface area contributed by atoms with E-state index in [1.165, 1.54) is 0 Å². The summed E-state index contributed by atoms with van der Waals surface area (Å²) < 4.78 is 5.50. The number of allylic oxidation sites excluding steroid dienone is 1. The van der Waals surface area contributed by atoms with Crippen molar-refractivity contribution in [3.05, 3.63) is 12.2 Å². The maximum absolute atomic E-state index is 12.4. The first-order chi connectivity index (χ1) is 10.7. The molecule has 22 heavy (non-hydrogen) atoms. The van der Waals surface area contributed by atoms with Gasteiger partial charge in [0.1, 0.15) is 12.1 Å². The van der Waals surface area contributed by atoms with E-state index >= 15 is 0 Å². The lowest BCUT2D eigenvalue weighted by atomic mass is 10.2. The van der Waals surface area contributed by atoms with Crippen LogP contribution in [0.3, 0.4) is 0 Å². The van der Waals surface area contributed by atoms with Gasteiger partial charge in [-0.25, -0.2) is 0 Å². The Hall–Kier alpha value is -1.40. The van der Waals surface area contributed by atoms with Crippen LogP contribution in [0.15, 0.2) is 12.2 Å². The second-order valence-corrected chi connectivity index (χ2v) is 6.46. The molecule has 4 atom stereocenters. The normalized spacial score (nSPS) is 38.3. The number of nitrogens with one attached hydrogen (secondary N) is 1. The van der Waals surface area contributed by atoms with Crippen LogP contribution in [0.5, 0.6) is 0 Å². The summed E-state index contributed by atoms with van der Waals surface area (Å²) in [6, 6.07) is -0.812. The van der Waals surface area contributed by atoms with Crippen LogP contribution in [0.2, 0.25) is 0 Å². The lowest BCUT2D eigenvalue weighted by Crippen LogP contribution is -2.52. The standard InChI is InChI=1S/C16H25N3O3/c17-12-10-22-8-3-1-2-5-11-9-13(11)18-15(20)14-6-4-7-19(14)16(12)21/h2,5,11-14H,1,3-4,6-10,17H2,(H,18,20)/b5-2-/t11-,12+,13-,14+/m1/s1. The van der Waals surface area contributed by atoms with E-state index in [1.807, 2.05) is 0 Å². The third-order valence-corrected chi connectivity index (χ3v) is 4.66. The molecule has 0 aromatic heterocycles. The maximum atomic E-state index is 12.4. The van der Waals surface area contributed by atoms with Crippen molar-refractivity contribution in [2.75, 3.05) is 19.8 Å². The summed E-state index contributed by atoms with van der Waals surface area (Å²) in [7, 11) is 0. The van der Waals surface area contributed by atoms with Crippen molar-refractivity contribution in [3.63, 3.8) is 0 Å². The third kappa shape index (κ3) is 3.50. The van der Waals surface area contributed by atoms with E-state index in [0.29, 0.717) is 19.1 Å². The highest BCUT2D eigenvalue weighted by atomic mass is 16.5. The first-order valence-corrected chi connectivity index (χ1v) is 8.27. The van der Waals surface area contributed by atoms with E-state index in [2.05, 4.69) is 17.5 Å². The van der Waals surface area contributed by atoms with Gasteiger partial charge < -0.3 is 20.7 Å². The zero-order valence-electron chi connectivity index (χ0n) is 12.9. The Morgan fingerprint density at radius 2 is 2.18 bits per heavy atom. The topological polar surface area (TPSA) is 84.7 Å². The number of amides is 2. The summed E-state index contributed by atoms with van der Waals surface area (Å²) in [6.45, 7) is 1.44. The SMILES string of the molecule is N[C@H]1COCCC/C=C\[C@@H]2C[C@H]2NC(=O)[C@@H]2CCCN2C1=O. The molecule has 2 heterocycles. The van der Waals surface area contributed by atoms with Crippen molar-refractivity contribution >= 4 is 11.8 Å². The van der Waals surface area contributed by atoms with Crippen LogP contribution in [0.4, 0.5) is 0 Å². The largest absolute Gasteiger partial charge is 0.379 e. The summed E-state index contributed by atoms with van der Waals surface area (Å²) in [5.74, 6) is 0.246. The van der Waals surface area contributed by atoms with Crippen molar-refractivity contribution < 1.29 is 14.3 Å². The molecule has 1 saturated carbocycles. The molecule has 6 heteroatoms. The Labute approximate surface area is 131 Å². The molecule has 0 radical (unpaired) electrons. The Balaban J connectivity index is 1.69. The molecule has 3 aliphatic rings. The minimum absolute atomic E-state index is 0.0326. The molecule has 1 saturated heterocycles. The summed E-state index contributed by atoms with van der Waals surface area (Å²) in [5.41, 5.74) is 5.93. The molecule has 2 aliphatic heterocycles. The van der Waals surface area contributed by atoms with Gasteiger partial charge >= 0.3 is 0 Å². The monoisotopic (exact) mass is 307 g/mol. The van der Waals surface area contributed by atoms with Gasteiger partial charge in [-0.3, -0.25) is 9.59 Å². The smallest absolute Gasteiger partial charge is 0.243 e. The van der Waals surface area contributed by atoms with Gasteiger partial charge in [0.2, 0.25) is 11.8 Å². The summed E-state index contributed by atoms with van der Waals surface area (Å²) in [6.07, 6.45) is 8.80. The van der Waals surface area contributed by atoms with Crippen LogP contribution in [0.1, 0.15) is 32.1 Å². The molecule has 0 aromatic carbocycles. The highest BCUT2D eigenvalue weighted by Gasteiger charge is 2.41. The van der Waals surface area contributed by atoms with Crippen molar-refractivity contribution in [3.8, 4) is 0 Å². The van der Waals surface area contributed by atoms with Gasteiger partial charge in [-0.05, 0) is 38.0 Å². The Kier molecular flexibility index (Phi) is 4.78. The fraction of sp³-hybridized carbons (Fsp3) is 0.750. The van der Waals surface area contributed by atoms with Crippen LogP contribution in [0.25, 0.3) is 0 Å². The molecular weight excluding hydrogens is 282 g/mol. The molecule has 122 valence electrons. The predicted molar refractivity (Wildman–Crippen MR) is 81.9 cm³/mol. The number of fused-ring (bicyclic) bond motifs is 2. The van der Waals surface area contributed by atoms with Crippen LogP contribution in [0, 0.1) is 5.92 Å². The molecule has 0 bridgehead atoms. The number of nitrogens with zero attached hydrogens (tertiary/aromatic N) is 1. The number of rotatable bonds is 0. The average Bonchev–Trinajstić information content (AvgIpc) is 3.04. The van der Waals surface area contributed by atoms with Gasteiger partial charge in [0.15, 0.2) is 0 Å². The van der Waals surface area contributed by atoms with Crippen LogP contribution >= 0.6 is 0 Å². The minimum Gasteiger partial charge on any atom is -0.379 e. The number of carbonyl (C=O) groups is 2. The highest BCUT2D eigenvalue weighted by molar-refractivity contribution is 5.90. The molecule has 2 amide bonds. The van der Waals surface area contributed by atoms with Crippen LogP contribution in [-0.2, 0) is 14.3 Å². The third-order valence-electron chi connectivity index (χ3n) is 4.66. The summed E-state index contributed by atoms with van der Waals surface area (Å²) >= 11 is 0. The number of hydrogen-bond acceptors (Lipinski definition) is 4. The first-order valence-electron chi connectivity index (χ1n) is 8.27. The second-order valence-electron chi connectivity index (χ2n) is 6.46. The van der Waals surface area contributed by atoms with Gasteiger partial charge in [0.25, 0.3) is 0 Å². The number of nitrogens with two attached hydrogens (primary N) is 1. The van der Waals surface area contributed by atoms with E-state index < -0.39 is 6.04 Å². The maximum Gasteiger partial charge on any atom is 0.243 e. The predicted octanol–water partition coefficient (Wildman–Crippen LogP) is 0.176. The fourth-order valence-electron chi connectivity index (χ4n) is 3.24. The summed E-state index contributed by atoms with van der Waals surface area (Å²) in [4.78, 5) is 26.5. The van der Waals surface area contributed by atoms with Crippen molar-refractivity contribution in [2.24, 2.45) is 11.7 Å². The van der Waals surface area contributed by atoms with Gasteiger partial charge in [-0.2, -0.15) is 0 Å². The zero-order chi connectivity index (χ0) is 15.5. The lowest BCUT2D eigenvalue weighted by Gasteiger charge is -2.26. The molecule has 0 aromatic rings. The molecule has 3 rings (SSSR count). The van der Waals surface area contributed by atoms with Crippen molar-refractivity contribution in [2.45, 2.75) is 50.2 Å². The Morgan fingerprint density at radius 3 is 3.05 bits per heavy atom. The number of hydrogen-bond donors (Lipinski definition) is 2. The molecule has 2 fully saturated rings. The van der Waals surface area contributed by atoms with E-state index in [4.69, 9.17) is 10.5 Å². The number of ether oxygens (including phenoxy) is 1. The molecule has 3 N–H and O–H groups in total. The van der Waals surface area contributed by atoms with E-state index in [9.17, 15) is 9.59 Å². The van der Waals surface area contributed by atoms with Gasteiger partial charge in [0, 0.05) is 19.2 Å². The average molecular weight is 307 g/mol. The summed E-state index contributed by atoms with van der Waals surface area (Å²) in [5, 5.41) is 3.07. The van der Waals surface area contributed by atoms with Crippen molar-refractivity contribution in [1.82, 2.24) is 10.2 Å². The minimum atomic E-state index is -0.678. The van der Waals surface area contributed by atoms with Crippen LogP contribution < -0.4 is 11.1 Å². The highest BCUT2D eigenvalue weighted by Crippen LogP contribution is 2.32. The molecular formula is C16H25N3O3. The van der Waals surface area contributed by atoms with Gasteiger partial charge in [-0.15, -0.1) is 0 Å². The second kappa shape index (κ2) is 6.79. The molecule has 0 spiro atoms. The van der Waals surface area contributed by atoms with Gasteiger partial charge in [0.05, 0.1) is 6.61 Å².